The Bertz CT molecular complexity index is 546. The van der Waals surface area contributed by atoms with E-state index in [0.717, 1.165) is 31.6 Å². The fraction of sp³-hybridized carbons (Fsp3) is 0.588. The molecule has 0 spiro atoms. The van der Waals surface area contributed by atoms with Gasteiger partial charge in [0, 0.05) is 36.5 Å². The molecule has 0 aromatic heterocycles. The molecule has 0 aliphatic carbocycles. The lowest BCUT2D eigenvalue weighted by Crippen LogP contribution is -2.47. The molecule has 2 aliphatic rings. The fourth-order valence-electron chi connectivity index (χ4n) is 3.74. The largest absolute Gasteiger partial charge is 0.308 e. The first-order valence-corrected chi connectivity index (χ1v) is 8.32. The van der Waals surface area contributed by atoms with Gasteiger partial charge in [-0.25, -0.2) is 0 Å². The van der Waals surface area contributed by atoms with Gasteiger partial charge in [-0.2, -0.15) is 0 Å². The number of anilines is 1. The molecule has 0 radical (unpaired) electrons. The Hall–Kier alpha value is -1.06. The molecule has 2 heterocycles. The van der Waals surface area contributed by atoms with Gasteiger partial charge >= 0.3 is 0 Å². The van der Waals surface area contributed by atoms with Gasteiger partial charge in [-0.15, -0.1) is 11.6 Å². The zero-order valence-corrected chi connectivity index (χ0v) is 13.6. The van der Waals surface area contributed by atoms with Crippen molar-refractivity contribution in [1.29, 1.82) is 0 Å². The number of carbonyl (C=O) groups is 1. The van der Waals surface area contributed by atoms with Crippen molar-refractivity contribution < 1.29 is 4.79 Å². The Labute approximate surface area is 131 Å². The predicted octanol–water partition coefficient (Wildman–Crippen LogP) is 3.15. The van der Waals surface area contributed by atoms with Crippen molar-refractivity contribution in [3.05, 3.63) is 29.3 Å². The Kier molecular flexibility index (Phi) is 4.23. The monoisotopic (exact) mass is 306 g/mol. The minimum absolute atomic E-state index is 0.234. The van der Waals surface area contributed by atoms with Crippen LogP contribution in [0.4, 0.5) is 5.69 Å². The summed E-state index contributed by atoms with van der Waals surface area (Å²) in [5.41, 5.74) is 3.76. The summed E-state index contributed by atoms with van der Waals surface area (Å²) in [5, 5.41) is 0. The highest BCUT2D eigenvalue weighted by atomic mass is 35.5. The summed E-state index contributed by atoms with van der Waals surface area (Å²) >= 11 is 5.75. The van der Waals surface area contributed by atoms with E-state index in [0.29, 0.717) is 24.3 Å². The number of benzene rings is 1. The van der Waals surface area contributed by atoms with Gasteiger partial charge in [-0.3, -0.25) is 4.79 Å². The van der Waals surface area contributed by atoms with Gasteiger partial charge in [0.25, 0.3) is 0 Å². The number of hydrogen-bond donors (Lipinski definition) is 0. The number of hydrogen-bond acceptors (Lipinski definition) is 2. The van der Waals surface area contributed by atoms with Gasteiger partial charge < -0.3 is 9.80 Å². The fourth-order valence-corrected chi connectivity index (χ4v) is 3.88. The molecule has 1 aromatic rings. The van der Waals surface area contributed by atoms with E-state index in [1.54, 1.807) is 0 Å². The topological polar surface area (TPSA) is 23.6 Å². The average Bonchev–Trinajstić information content (AvgIpc) is 2.78. The molecule has 4 heteroatoms. The lowest BCUT2D eigenvalue weighted by atomic mass is 9.89. The molecule has 0 bridgehead atoms. The maximum Gasteiger partial charge on any atom is 0.227 e. The second-order valence-electron chi connectivity index (χ2n) is 6.34. The van der Waals surface area contributed by atoms with Crippen molar-refractivity contribution in [2.45, 2.75) is 38.1 Å². The Balaban J connectivity index is 1.95. The van der Waals surface area contributed by atoms with E-state index in [9.17, 15) is 4.79 Å². The maximum atomic E-state index is 12.6. The molecule has 1 saturated heterocycles. The third kappa shape index (κ3) is 2.69. The predicted molar refractivity (Wildman–Crippen MR) is 87.3 cm³/mol. The van der Waals surface area contributed by atoms with Crippen LogP contribution in [-0.4, -0.2) is 42.9 Å². The van der Waals surface area contributed by atoms with Gasteiger partial charge in [-0.1, -0.05) is 17.7 Å². The number of rotatable bonds is 3. The zero-order valence-electron chi connectivity index (χ0n) is 12.8. The second kappa shape index (κ2) is 5.98. The molecule has 21 heavy (non-hydrogen) atoms. The number of fused-ring (bicyclic) bond motifs is 3. The quantitative estimate of drug-likeness (QED) is 0.801. The van der Waals surface area contributed by atoms with Crippen LogP contribution in [0.2, 0.25) is 0 Å². The van der Waals surface area contributed by atoms with Crippen LogP contribution in [0.25, 0.3) is 0 Å². The first-order chi connectivity index (χ1) is 10.1. The minimum atomic E-state index is 0.234. The van der Waals surface area contributed by atoms with Crippen molar-refractivity contribution in [2.75, 3.05) is 30.9 Å². The molecule has 1 amide bonds. The van der Waals surface area contributed by atoms with Crippen molar-refractivity contribution in [3.63, 3.8) is 0 Å². The van der Waals surface area contributed by atoms with E-state index >= 15 is 0 Å². The average molecular weight is 307 g/mol. The number of alkyl halides is 1. The zero-order chi connectivity index (χ0) is 15.0. The van der Waals surface area contributed by atoms with Gasteiger partial charge in [0.05, 0.1) is 0 Å². The van der Waals surface area contributed by atoms with Crippen LogP contribution in [0.3, 0.4) is 0 Å². The number of piperidine rings is 1. The lowest BCUT2D eigenvalue weighted by Gasteiger charge is -2.36. The summed E-state index contributed by atoms with van der Waals surface area (Å²) in [6.45, 7) is 4.23. The standard InChI is InChI=1S/C17H23ClN2O/c1-12-5-6-15-13(10-12)14-11-19(2)9-7-16(14)20(15)17(21)4-3-8-18/h5-6,10,14,16H,3-4,7-9,11H2,1-2H3/t14-,16+/m0/s1. The van der Waals surface area contributed by atoms with Crippen LogP contribution in [0.1, 0.15) is 36.3 Å². The number of nitrogens with zero attached hydrogens (tertiary/aromatic N) is 2. The number of amides is 1. The first kappa shape index (κ1) is 14.9. The SMILES string of the molecule is Cc1ccc2c(c1)[C@@H]1CN(C)CC[C@H]1N2C(=O)CCCCl. The van der Waals surface area contributed by atoms with E-state index in [1.165, 1.54) is 11.1 Å². The van der Waals surface area contributed by atoms with Crippen LogP contribution < -0.4 is 4.90 Å². The highest BCUT2D eigenvalue weighted by Crippen LogP contribution is 2.45. The molecule has 1 fully saturated rings. The molecule has 0 saturated carbocycles. The minimum Gasteiger partial charge on any atom is -0.308 e. The summed E-state index contributed by atoms with van der Waals surface area (Å²) in [6.07, 6.45) is 2.37. The summed E-state index contributed by atoms with van der Waals surface area (Å²) in [7, 11) is 2.17. The highest BCUT2D eigenvalue weighted by molar-refractivity contribution is 6.18. The summed E-state index contributed by atoms with van der Waals surface area (Å²) < 4.78 is 0. The Morgan fingerprint density at radius 2 is 2.24 bits per heavy atom. The van der Waals surface area contributed by atoms with Crippen LogP contribution in [0.15, 0.2) is 18.2 Å². The maximum absolute atomic E-state index is 12.6. The van der Waals surface area contributed by atoms with Crippen LogP contribution in [0.5, 0.6) is 0 Å². The molecule has 0 unspecified atom stereocenters. The third-order valence-corrected chi connectivity index (χ3v) is 5.01. The van der Waals surface area contributed by atoms with Crippen LogP contribution >= 0.6 is 11.6 Å². The first-order valence-electron chi connectivity index (χ1n) is 7.79. The van der Waals surface area contributed by atoms with Gasteiger partial charge in [-0.05, 0) is 45.0 Å². The lowest BCUT2D eigenvalue weighted by molar-refractivity contribution is -0.119. The van der Waals surface area contributed by atoms with Gasteiger partial charge in [0.1, 0.15) is 0 Å². The summed E-state index contributed by atoms with van der Waals surface area (Å²) in [4.78, 5) is 17.1. The molecule has 2 aliphatic heterocycles. The Morgan fingerprint density at radius 1 is 1.43 bits per heavy atom. The van der Waals surface area contributed by atoms with Gasteiger partial charge in [0.2, 0.25) is 5.91 Å². The highest BCUT2D eigenvalue weighted by Gasteiger charge is 2.43. The normalized spacial score (nSPS) is 24.8. The van der Waals surface area contributed by atoms with Gasteiger partial charge in [0.15, 0.2) is 0 Å². The Morgan fingerprint density at radius 3 is 3.00 bits per heavy atom. The van der Waals surface area contributed by atoms with Crippen LogP contribution in [0, 0.1) is 6.92 Å². The molecule has 114 valence electrons. The van der Waals surface area contributed by atoms with E-state index in [4.69, 9.17) is 11.6 Å². The second-order valence-corrected chi connectivity index (χ2v) is 6.72. The smallest absolute Gasteiger partial charge is 0.227 e. The number of halogens is 1. The van der Waals surface area contributed by atoms with E-state index in [1.807, 2.05) is 0 Å². The number of carbonyl (C=O) groups excluding carboxylic acids is 1. The molecule has 3 rings (SSSR count). The molecule has 1 aromatic carbocycles. The molecular weight excluding hydrogens is 284 g/mol. The van der Waals surface area contributed by atoms with Crippen molar-refractivity contribution in [3.8, 4) is 0 Å². The number of likely N-dealkylation sites (tertiary alicyclic amines) is 1. The van der Waals surface area contributed by atoms with E-state index in [-0.39, 0.29) is 5.91 Å². The third-order valence-electron chi connectivity index (χ3n) is 4.75. The van der Waals surface area contributed by atoms with Crippen molar-refractivity contribution in [1.82, 2.24) is 4.90 Å². The molecular formula is C17H23ClN2O. The van der Waals surface area contributed by atoms with Crippen molar-refractivity contribution >= 4 is 23.2 Å². The molecule has 0 N–H and O–H groups in total. The molecule has 2 atom stereocenters. The summed E-state index contributed by atoms with van der Waals surface area (Å²) in [6, 6.07) is 6.84. The van der Waals surface area contributed by atoms with Crippen LogP contribution in [-0.2, 0) is 4.79 Å². The van der Waals surface area contributed by atoms with Crippen molar-refractivity contribution in [2.24, 2.45) is 0 Å². The number of likely N-dealkylation sites (N-methyl/N-ethyl adjacent to an activating group) is 1. The summed E-state index contributed by atoms with van der Waals surface area (Å²) in [5.74, 6) is 1.24. The number of aryl methyl sites for hydroxylation is 1. The van der Waals surface area contributed by atoms with E-state index < -0.39 is 0 Å². The van der Waals surface area contributed by atoms with E-state index in [2.05, 4.69) is 42.0 Å². The molecule has 3 nitrogen and oxygen atoms in total.